The number of benzene rings is 2. The van der Waals surface area contributed by atoms with E-state index in [0.717, 1.165) is 28.2 Å². The number of aromatic nitrogens is 2. The number of halogens is 1. The third kappa shape index (κ3) is 5.38. The van der Waals surface area contributed by atoms with Crippen LogP contribution in [-0.2, 0) is 24.3 Å². The van der Waals surface area contributed by atoms with Crippen molar-refractivity contribution in [1.82, 2.24) is 19.8 Å². The molecule has 1 aliphatic heterocycles. The Morgan fingerprint density at radius 1 is 1.12 bits per heavy atom. The zero-order valence-corrected chi connectivity index (χ0v) is 19.6. The van der Waals surface area contributed by atoms with Crippen LogP contribution in [0.2, 0.25) is 5.02 Å². The first kappa shape index (κ1) is 23.3. The van der Waals surface area contributed by atoms with Gasteiger partial charge in [-0.25, -0.2) is 4.52 Å². The molecule has 2 amide bonds. The molecule has 0 atom stereocenters. The highest BCUT2D eigenvalue weighted by molar-refractivity contribution is 6.30. The molecular weight excluding hydrogens is 450 g/mol. The molecule has 0 fully saturated rings. The van der Waals surface area contributed by atoms with E-state index in [4.69, 9.17) is 11.6 Å². The normalized spacial score (nSPS) is 12.4. The van der Waals surface area contributed by atoms with Gasteiger partial charge in [0.15, 0.2) is 0 Å². The van der Waals surface area contributed by atoms with Gasteiger partial charge >= 0.3 is 0 Å². The second-order valence-electron chi connectivity index (χ2n) is 7.93. The molecule has 0 saturated heterocycles. The van der Waals surface area contributed by atoms with Gasteiger partial charge in [-0.05, 0) is 53.4 Å². The maximum atomic E-state index is 13.0. The van der Waals surface area contributed by atoms with Crippen molar-refractivity contribution >= 4 is 35.1 Å². The molecule has 4 aromatic rings. The third-order valence-corrected chi connectivity index (χ3v) is 5.97. The molecule has 0 bridgehead atoms. The Bertz CT molecular complexity index is 1300. The number of fused-ring (bicyclic) bond motifs is 2. The number of anilines is 1. The van der Waals surface area contributed by atoms with Crippen molar-refractivity contribution in [2.24, 2.45) is 0 Å². The van der Waals surface area contributed by atoms with Crippen LogP contribution in [0.1, 0.15) is 27.0 Å². The molecule has 0 spiro atoms. The topological polar surface area (TPSA) is 78.7 Å². The molecule has 174 valence electrons. The first-order valence-electron chi connectivity index (χ1n) is 11.0. The molecule has 34 heavy (non-hydrogen) atoms. The van der Waals surface area contributed by atoms with Crippen LogP contribution in [0.25, 0.3) is 5.52 Å². The minimum atomic E-state index is -0.00926. The number of nitrogens with zero attached hydrogens (tertiary/aromatic N) is 3. The minimum absolute atomic E-state index is 0.00926. The molecule has 2 aromatic heterocycles. The Morgan fingerprint density at radius 2 is 1.94 bits per heavy atom. The van der Waals surface area contributed by atoms with Crippen molar-refractivity contribution in [3.05, 3.63) is 100 Å². The van der Waals surface area contributed by atoms with Gasteiger partial charge in [-0.1, -0.05) is 41.9 Å². The summed E-state index contributed by atoms with van der Waals surface area (Å²) >= 11 is 5.68. The summed E-state index contributed by atoms with van der Waals surface area (Å²) in [6.07, 6.45) is 4.96. The van der Waals surface area contributed by atoms with Gasteiger partial charge in [0.25, 0.3) is 5.91 Å². The zero-order valence-electron chi connectivity index (χ0n) is 18.9. The summed E-state index contributed by atoms with van der Waals surface area (Å²) in [5, 5.41) is 10.7. The van der Waals surface area contributed by atoms with Crippen molar-refractivity contribution in [1.29, 1.82) is 0 Å². The van der Waals surface area contributed by atoms with Crippen LogP contribution in [-0.4, -0.2) is 40.4 Å². The van der Waals surface area contributed by atoms with E-state index in [1.807, 2.05) is 60.5 Å². The Balaban J connectivity index is 0.000000257. The lowest BCUT2D eigenvalue weighted by molar-refractivity contribution is -0.109. The Kier molecular flexibility index (Phi) is 7.44. The fraction of sp³-hybridized carbons (Fsp3) is 0.192. The molecule has 0 radical (unpaired) electrons. The van der Waals surface area contributed by atoms with E-state index >= 15 is 0 Å². The lowest BCUT2D eigenvalue weighted by Gasteiger charge is -2.28. The third-order valence-electron chi connectivity index (χ3n) is 5.74. The largest absolute Gasteiger partial charge is 0.388 e. The van der Waals surface area contributed by atoms with Crippen molar-refractivity contribution in [2.75, 3.05) is 18.9 Å². The predicted octanol–water partition coefficient (Wildman–Crippen LogP) is 4.16. The van der Waals surface area contributed by atoms with E-state index in [-0.39, 0.29) is 5.91 Å². The van der Waals surface area contributed by atoms with E-state index in [2.05, 4.69) is 27.9 Å². The molecule has 3 heterocycles. The average Bonchev–Trinajstić information content (AvgIpc) is 3.30. The van der Waals surface area contributed by atoms with Crippen molar-refractivity contribution < 1.29 is 9.59 Å². The number of rotatable bonds is 5. The summed E-state index contributed by atoms with van der Waals surface area (Å²) in [6.45, 7) is 1.76. The molecule has 1 aliphatic rings. The first-order chi connectivity index (χ1) is 16.6. The average molecular weight is 476 g/mol. The van der Waals surface area contributed by atoms with Gasteiger partial charge in [0.05, 0.1) is 17.3 Å². The second-order valence-corrected chi connectivity index (χ2v) is 8.36. The maximum absolute atomic E-state index is 13.0. The van der Waals surface area contributed by atoms with Crippen LogP contribution in [0.15, 0.2) is 73.1 Å². The van der Waals surface area contributed by atoms with Crippen LogP contribution in [0.4, 0.5) is 5.69 Å². The van der Waals surface area contributed by atoms with Crippen molar-refractivity contribution in [3.8, 4) is 0 Å². The number of hydrogen-bond donors (Lipinski definition) is 2. The molecule has 8 heteroatoms. The second kappa shape index (κ2) is 10.9. The Hall–Kier alpha value is -3.84. The number of amides is 2. The number of pyridine rings is 1. The fourth-order valence-corrected chi connectivity index (χ4v) is 4.13. The molecule has 7 nitrogen and oxygen atoms in total. The molecule has 2 N–H and O–H groups in total. The summed E-state index contributed by atoms with van der Waals surface area (Å²) < 4.78 is 1.69. The molecular formula is C26H26ClN5O2. The summed E-state index contributed by atoms with van der Waals surface area (Å²) in [4.78, 5) is 25.4. The van der Waals surface area contributed by atoms with E-state index in [1.165, 1.54) is 11.1 Å². The van der Waals surface area contributed by atoms with Gasteiger partial charge in [-0.3, -0.25) is 9.59 Å². The lowest BCUT2D eigenvalue weighted by Crippen LogP contribution is -2.35. The maximum Gasteiger partial charge on any atom is 0.258 e. The minimum Gasteiger partial charge on any atom is -0.388 e. The number of carbonyl (C=O) groups excluding carboxylic acids is 2. The summed E-state index contributed by atoms with van der Waals surface area (Å²) in [5.74, 6) is -0.00926. The lowest BCUT2D eigenvalue weighted by atomic mass is 9.99. The van der Waals surface area contributed by atoms with E-state index in [1.54, 1.807) is 16.9 Å². The Labute approximate surface area is 203 Å². The highest BCUT2D eigenvalue weighted by Crippen LogP contribution is 2.22. The quantitative estimate of drug-likeness (QED) is 0.425. The van der Waals surface area contributed by atoms with Crippen LogP contribution in [0.5, 0.6) is 0 Å². The fourth-order valence-electron chi connectivity index (χ4n) is 3.94. The van der Waals surface area contributed by atoms with Crippen LogP contribution >= 0.6 is 11.6 Å². The van der Waals surface area contributed by atoms with Gasteiger partial charge < -0.3 is 15.5 Å². The SMILES string of the molecule is CNc1cccc(Cl)c1.O=CNCc1ccn2ncc(C(=O)N3CCc4ccccc4C3)c2c1. The molecule has 2 aromatic carbocycles. The Morgan fingerprint density at radius 3 is 2.68 bits per heavy atom. The predicted molar refractivity (Wildman–Crippen MR) is 134 cm³/mol. The zero-order chi connectivity index (χ0) is 23.9. The van der Waals surface area contributed by atoms with Crippen LogP contribution in [0, 0.1) is 0 Å². The molecule has 0 aliphatic carbocycles. The monoisotopic (exact) mass is 475 g/mol. The molecule has 0 unspecified atom stereocenters. The summed E-state index contributed by atoms with van der Waals surface area (Å²) in [6, 6.07) is 19.6. The summed E-state index contributed by atoms with van der Waals surface area (Å²) in [7, 11) is 1.87. The standard InChI is InChI=1S/C19H18N4O2.C7H8ClN/c24-13-20-10-14-5-8-23-18(9-14)17(11-21-23)19(25)22-7-6-15-3-1-2-4-16(15)12-22;1-9-7-4-2-3-6(8)5-7/h1-5,8-9,11,13H,6-7,10,12H2,(H,20,24);2-5,9H,1H3. The molecule has 0 saturated carbocycles. The summed E-state index contributed by atoms with van der Waals surface area (Å²) in [5.41, 5.74) is 5.84. The van der Waals surface area contributed by atoms with Gasteiger partial charge in [-0.15, -0.1) is 0 Å². The van der Waals surface area contributed by atoms with Gasteiger partial charge in [-0.2, -0.15) is 5.10 Å². The van der Waals surface area contributed by atoms with E-state index in [9.17, 15) is 9.59 Å². The van der Waals surface area contributed by atoms with Gasteiger partial charge in [0.2, 0.25) is 6.41 Å². The van der Waals surface area contributed by atoms with Gasteiger partial charge in [0, 0.05) is 43.6 Å². The van der Waals surface area contributed by atoms with Crippen molar-refractivity contribution in [3.63, 3.8) is 0 Å². The van der Waals surface area contributed by atoms with Crippen molar-refractivity contribution in [2.45, 2.75) is 19.5 Å². The molecule has 5 rings (SSSR count). The van der Waals surface area contributed by atoms with Gasteiger partial charge in [0.1, 0.15) is 0 Å². The van der Waals surface area contributed by atoms with Crippen LogP contribution < -0.4 is 10.6 Å². The smallest absolute Gasteiger partial charge is 0.258 e. The van der Waals surface area contributed by atoms with Crippen LogP contribution in [0.3, 0.4) is 0 Å². The van der Waals surface area contributed by atoms with E-state index < -0.39 is 0 Å². The number of carbonyl (C=O) groups is 2. The first-order valence-corrected chi connectivity index (χ1v) is 11.4. The highest BCUT2D eigenvalue weighted by atomic mass is 35.5. The number of hydrogen-bond acceptors (Lipinski definition) is 4. The highest BCUT2D eigenvalue weighted by Gasteiger charge is 2.24. The van der Waals surface area contributed by atoms with E-state index in [0.29, 0.717) is 31.6 Å². The number of nitrogens with one attached hydrogen (secondary N) is 2.